The van der Waals surface area contributed by atoms with Crippen LogP contribution in [-0.2, 0) is 19.7 Å². The van der Waals surface area contributed by atoms with Crippen LogP contribution >= 0.6 is 23.2 Å². The van der Waals surface area contributed by atoms with E-state index in [2.05, 4.69) is 10.6 Å². The van der Waals surface area contributed by atoms with Crippen LogP contribution in [0.5, 0.6) is 5.75 Å². The Morgan fingerprint density at radius 3 is 2.57 bits per heavy atom. The number of anilines is 1. The fraction of sp³-hybridized carbons (Fsp3) is 0.259. The zero-order chi connectivity index (χ0) is 26.3. The molecule has 6 nitrogen and oxygen atoms in total. The summed E-state index contributed by atoms with van der Waals surface area (Å²) < 4.78 is 41.1. The van der Waals surface area contributed by atoms with Crippen LogP contribution in [-0.4, -0.2) is 32.1 Å². The third-order valence-electron chi connectivity index (χ3n) is 6.93. The Morgan fingerprint density at radius 2 is 1.81 bits per heavy atom. The molecule has 0 bridgehead atoms. The van der Waals surface area contributed by atoms with Gasteiger partial charge in [0.15, 0.2) is 11.6 Å². The number of carbonyl (C=O) groups is 2. The molecule has 2 aliphatic rings. The second-order valence-corrected chi connectivity index (χ2v) is 9.81. The van der Waals surface area contributed by atoms with Crippen molar-refractivity contribution < 1.29 is 27.8 Å². The van der Waals surface area contributed by atoms with Crippen molar-refractivity contribution in [2.24, 2.45) is 0 Å². The van der Waals surface area contributed by atoms with E-state index in [1.165, 1.54) is 13.2 Å². The number of ether oxygens (including phenoxy) is 2. The fourth-order valence-electron chi connectivity index (χ4n) is 5.42. The molecule has 3 aromatic rings. The van der Waals surface area contributed by atoms with Crippen LogP contribution < -0.4 is 15.4 Å². The van der Waals surface area contributed by atoms with Crippen molar-refractivity contribution in [1.82, 2.24) is 5.32 Å². The first-order valence-electron chi connectivity index (χ1n) is 11.5. The molecule has 0 saturated carbocycles. The van der Waals surface area contributed by atoms with Gasteiger partial charge >= 0.3 is 0 Å². The minimum absolute atomic E-state index is 0.0115. The van der Waals surface area contributed by atoms with Gasteiger partial charge in [-0.25, -0.2) is 8.78 Å². The smallest absolute Gasteiger partial charge is 0.238 e. The van der Waals surface area contributed by atoms with Crippen molar-refractivity contribution in [3.63, 3.8) is 0 Å². The predicted molar refractivity (Wildman–Crippen MR) is 135 cm³/mol. The summed E-state index contributed by atoms with van der Waals surface area (Å²) in [5, 5.41) is 6.42. The Bertz CT molecular complexity index is 1400. The van der Waals surface area contributed by atoms with E-state index < -0.39 is 40.8 Å². The highest BCUT2D eigenvalue weighted by atomic mass is 35.5. The monoisotopic (exact) mass is 546 g/mol. The summed E-state index contributed by atoms with van der Waals surface area (Å²) >= 11 is 12.5. The summed E-state index contributed by atoms with van der Waals surface area (Å²) in [6.45, 7) is 0.228. The average Bonchev–Trinajstić information content (AvgIpc) is 3.14. The lowest BCUT2D eigenvalue weighted by atomic mass is 9.59. The summed E-state index contributed by atoms with van der Waals surface area (Å²) in [4.78, 5) is 27.2. The van der Waals surface area contributed by atoms with Crippen molar-refractivity contribution in [2.75, 3.05) is 25.6 Å². The van der Waals surface area contributed by atoms with Crippen LogP contribution in [0.2, 0.25) is 10.0 Å². The predicted octanol–water partition coefficient (Wildman–Crippen LogP) is 5.53. The molecule has 2 amide bonds. The molecule has 10 heteroatoms. The van der Waals surface area contributed by atoms with Crippen molar-refractivity contribution in [1.29, 1.82) is 0 Å². The van der Waals surface area contributed by atoms with Crippen molar-refractivity contribution in [3.8, 4) is 5.75 Å². The highest BCUT2D eigenvalue weighted by molar-refractivity contribution is 6.31. The lowest BCUT2D eigenvalue weighted by Gasteiger charge is -2.46. The van der Waals surface area contributed by atoms with Gasteiger partial charge in [0, 0.05) is 35.2 Å². The molecule has 5 rings (SSSR count). The Morgan fingerprint density at radius 1 is 1.03 bits per heavy atom. The number of methoxy groups -OCH3 is 1. The molecule has 1 spiro atoms. The van der Waals surface area contributed by atoms with Crippen LogP contribution in [0.1, 0.15) is 35.1 Å². The molecule has 3 atom stereocenters. The molecule has 37 heavy (non-hydrogen) atoms. The molecule has 192 valence electrons. The minimum atomic E-state index is -1.58. The molecule has 0 aromatic heterocycles. The van der Waals surface area contributed by atoms with E-state index in [4.69, 9.17) is 32.7 Å². The van der Waals surface area contributed by atoms with E-state index in [-0.39, 0.29) is 30.9 Å². The molecule has 2 heterocycles. The van der Waals surface area contributed by atoms with Gasteiger partial charge in [-0.05, 0) is 47.5 Å². The Balaban J connectivity index is 1.80. The van der Waals surface area contributed by atoms with Crippen LogP contribution in [0, 0.1) is 11.6 Å². The van der Waals surface area contributed by atoms with Crippen molar-refractivity contribution >= 4 is 40.7 Å². The summed E-state index contributed by atoms with van der Waals surface area (Å²) in [6, 6.07) is 12.6. The van der Waals surface area contributed by atoms with E-state index in [1.54, 1.807) is 42.5 Å². The number of piperidine rings is 1. The van der Waals surface area contributed by atoms with Gasteiger partial charge in [-0.2, -0.15) is 0 Å². The van der Waals surface area contributed by atoms with Gasteiger partial charge in [0.25, 0.3) is 0 Å². The van der Waals surface area contributed by atoms with Gasteiger partial charge in [-0.15, -0.1) is 0 Å². The largest absolute Gasteiger partial charge is 0.491 e. The molecular formula is C27H22Cl2F2N2O4. The molecule has 0 unspecified atom stereocenters. The van der Waals surface area contributed by atoms with Crippen molar-refractivity contribution in [2.45, 2.75) is 23.8 Å². The first-order valence-corrected chi connectivity index (χ1v) is 12.3. The molecule has 1 saturated heterocycles. The second-order valence-electron chi connectivity index (χ2n) is 8.94. The van der Waals surface area contributed by atoms with E-state index in [0.29, 0.717) is 26.9 Å². The van der Waals surface area contributed by atoms with Crippen LogP contribution in [0.4, 0.5) is 14.5 Å². The van der Waals surface area contributed by atoms with Crippen LogP contribution in [0.3, 0.4) is 0 Å². The molecule has 2 aliphatic heterocycles. The first-order chi connectivity index (χ1) is 17.8. The Labute approximate surface area is 221 Å². The summed E-state index contributed by atoms with van der Waals surface area (Å²) in [7, 11) is 1.48. The number of fused-ring (bicyclic) bond motifs is 2. The molecular weight excluding hydrogens is 525 g/mol. The first kappa shape index (κ1) is 25.4. The SMILES string of the molecule is COCCOc1ccc(F)c(F)c1[C@H]1NC(=O)C[C@@H](c2cccc(Cl)c2)[C@]12C(=O)Nc1cc(Cl)ccc12. The number of rotatable bonds is 6. The number of nitrogens with one attached hydrogen (secondary N) is 2. The van der Waals surface area contributed by atoms with E-state index in [1.807, 2.05) is 0 Å². The maximum atomic E-state index is 15.7. The fourth-order valence-corrected chi connectivity index (χ4v) is 5.80. The maximum absolute atomic E-state index is 15.7. The van der Waals surface area contributed by atoms with Crippen LogP contribution in [0.15, 0.2) is 54.6 Å². The third kappa shape index (κ3) is 4.23. The Hall–Kier alpha value is -3.20. The zero-order valence-corrected chi connectivity index (χ0v) is 21.1. The quantitative estimate of drug-likeness (QED) is 0.398. The van der Waals surface area contributed by atoms with Gasteiger partial charge in [-0.3, -0.25) is 9.59 Å². The van der Waals surface area contributed by atoms with Gasteiger partial charge < -0.3 is 20.1 Å². The summed E-state index contributed by atoms with van der Waals surface area (Å²) in [5.74, 6) is -4.09. The van der Waals surface area contributed by atoms with Gasteiger partial charge in [-0.1, -0.05) is 41.4 Å². The number of benzene rings is 3. The maximum Gasteiger partial charge on any atom is 0.238 e. The van der Waals surface area contributed by atoms with Crippen LogP contribution in [0.25, 0.3) is 0 Å². The number of hydrogen-bond donors (Lipinski definition) is 2. The van der Waals surface area contributed by atoms with Gasteiger partial charge in [0.1, 0.15) is 17.8 Å². The lowest BCUT2D eigenvalue weighted by Crippen LogP contribution is -2.57. The highest BCUT2D eigenvalue weighted by Gasteiger charge is 2.62. The second kappa shape index (κ2) is 9.93. The number of hydrogen-bond acceptors (Lipinski definition) is 4. The number of carbonyl (C=O) groups excluding carboxylic acids is 2. The normalized spacial score (nSPS) is 22.5. The third-order valence-corrected chi connectivity index (χ3v) is 7.40. The lowest BCUT2D eigenvalue weighted by molar-refractivity contribution is -0.131. The standard InChI is InChI=1S/C27H22Cl2F2N2O4/c1-36-9-10-37-21-8-7-19(30)24(31)23(21)25-27(17-6-5-16(29)12-20(17)32-26(27)35)18(13-22(34)33-25)14-3-2-4-15(28)11-14/h2-8,11-12,18,25H,9-10,13H2,1H3,(H,32,35)(H,33,34)/t18-,25+,27-/m0/s1. The molecule has 0 radical (unpaired) electrons. The number of amides is 2. The topological polar surface area (TPSA) is 76.7 Å². The number of halogens is 4. The molecule has 2 N–H and O–H groups in total. The van der Waals surface area contributed by atoms with E-state index in [9.17, 15) is 14.0 Å². The summed E-state index contributed by atoms with van der Waals surface area (Å²) in [6.07, 6.45) is -0.0941. The van der Waals surface area contributed by atoms with E-state index in [0.717, 1.165) is 6.07 Å². The molecule has 0 aliphatic carbocycles. The summed E-state index contributed by atoms with van der Waals surface area (Å²) in [5.41, 5.74) is -0.335. The van der Waals surface area contributed by atoms with Crippen molar-refractivity contribution in [3.05, 3.63) is 93.0 Å². The minimum Gasteiger partial charge on any atom is -0.491 e. The van der Waals surface area contributed by atoms with Gasteiger partial charge in [0.05, 0.1) is 18.2 Å². The highest BCUT2D eigenvalue weighted by Crippen LogP contribution is 2.59. The Kier molecular flexibility index (Phi) is 6.83. The molecule has 3 aromatic carbocycles. The zero-order valence-electron chi connectivity index (χ0n) is 19.6. The average molecular weight is 547 g/mol. The van der Waals surface area contributed by atoms with E-state index >= 15 is 4.39 Å². The molecule has 1 fully saturated rings. The van der Waals surface area contributed by atoms with Gasteiger partial charge in [0.2, 0.25) is 11.8 Å².